The number of likely N-dealkylation sites (tertiary alicyclic amines) is 1. The van der Waals surface area contributed by atoms with E-state index >= 15 is 0 Å². The molecule has 3 rings (SSSR count). The monoisotopic (exact) mass is 353 g/mol. The fraction of sp³-hybridized carbons (Fsp3) is 0.647. The Morgan fingerprint density at radius 2 is 2.04 bits per heavy atom. The molecule has 0 N–H and O–H groups in total. The summed E-state index contributed by atoms with van der Waals surface area (Å²) in [5.41, 5.74) is 0. The topological polar surface area (TPSA) is 54.9 Å². The van der Waals surface area contributed by atoms with E-state index in [-0.39, 0.29) is 5.91 Å². The fourth-order valence-corrected chi connectivity index (χ4v) is 3.28. The number of nitrogens with zero attached hydrogens (tertiary/aromatic N) is 3. The lowest BCUT2D eigenvalue weighted by Crippen LogP contribution is -2.47. The molecule has 0 bridgehead atoms. The van der Waals surface area contributed by atoms with Crippen molar-refractivity contribution in [1.29, 1.82) is 0 Å². The van der Waals surface area contributed by atoms with Crippen LogP contribution in [-0.4, -0.2) is 73.2 Å². The highest BCUT2D eigenvalue weighted by molar-refractivity contribution is 6.31. The summed E-state index contributed by atoms with van der Waals surface area (Å²) in [6, 6.07) is 1.79. The van der Waals surface area contributed by atoms with Gasteiger partial charge in [0.2, 0.25) is 5.91 Å². The molecule has 2 aliphatic rings. The number of amides is 1. The molecule has 2 saturated heterocycles. The molecular formula is C17H24ClN3O3. The van der Waals surface area contributed by atoms with Crippen molar-refractivity contribution < 1.29 is 14.3 Å². The second-order valence-electron chi connectivity index (χ2n) is 6.33. The Hall–Kier alpha value is -1.37. The van der Waals surface area contributed by atoms with Gasteiger partial charge in [-0.05, 0) is 31.8 Å². The number of pyridine rings is 1. The van der Waals surface area contributed by atoms with Crippen LogP contribution in [0, 0.1) is 5.92 Å². The van der Waals surface area contributed by atoms with Gasteiger partial charge in [-0.2, -0.15) is 0 Å². The zero-order valence-electron chi connectivity index (χ0n) is 13.8. The predicted molar refractivity (Wildman–Crippen MR) is 91.3 cm³/mol. The lowest BCUT2D eigenvalue weighted by molar-refractivity contribution is -0.136. The number of piperidine rings is 1. The second-order valence-corrected chi connectivity index (χ2v) is 6.74. The highest BCUT2D eigenvalue weighted by Gasteiger charge is 2.24. The molecule has 132 valence electrons. The first-order chi connectivity index (χ1) is 11.7. The number of morpholine rings is 1. The van der Waals surface area contributed by atoms with E-state index in [1.807, 2.05) is 4.90 Å². The molecule has 1 amide bonds. The smallest absolute Gasteiger partial charge is 0.236 e. The standard InChI is InChI=1S/C17H24ClN3O3/c18-15-11-19-4-1-16(15)24-13-14-2-5-20(6-3-14)12-17(22)21-7-9-23-10-8-21/h1,4,11,14H,2-3,5-10,12-13H2. The van der Waals surface area contributed by atoms with Crippen LogP contribution < -0.4 is 4.74 Å². The number of hydrogen-bond acceptors (Lipinski definition) is 5. The SMILES string of the molecule is O=C(CN1CCC(COc2ccncc2Cl)CC1)N1CCOCC1. The summed E-state index contributed by atoms with van der Waals surface area (Å²) < 4.78 is 11.1. The van der Waals surface area contributed by atoms with Gasteiger partial charge in [-0.3, -0.25) is 14.7 Å². The van der Waals surface area contributed by atoms with E-state index in [0.717, 1.165) is 39.0 Å². The molecule has 1 aromatic heterocycles. The maximum absolute atomic E-state index is 12.3. The molecule has 0 atom stereocenters. The van der Waals surface area contributed by atoms with Gasteiger partial charge in [-0.1, -0.05) is 11.6 Å². The Morgan fingerprint density at radius 1 is 1.29 bits per heavy atom. The van der Waals surface area contributed by atoms with Crippen LogP contribution in [0.3, 0.4) is 0 Å². The van der Waals surface area contributed by atoms with Crippen LogP contribution in [0.1, 0.15) is 12.8 Å². The van der Waals surface area contributed by atoms with E-state index in [0.29, 0.717) is 43.1 Å². The van der Waals surface area contributed by atoms with E-state index in [4.69, 9.17) is 21.1 Å². The second kappa shape index (κ2) is 8.65. The first-order valence-electron chi connectivity index (χ1n) is 8.52. The molecule has 0 unspecified atom stereocenters. The van der Waals surface area contributed by atoms with E-state index in [1.54, 1.807) is 18.5 Å². The zero-order valence-corrected chi connectivity index (χ0v) is 14.6. The van der Waals surface area contributed by atoms with Gasteiger partial charge in [0.1, 0.15) is 10.8 Å². The molecule has 0 aliphatic carbocycles. The molecule has 2 aliphatic heterocycles. The summed E-state index contributed by atoms with van der Waals surface area (Å²) in [5, 5.41) is 0.547. The third kappa shape index (κ3) is 4.82. The molecule has 2 fully saturated rings. The van der Waals surface area contributed by atoms with Gasteiger partial charge in [0.15, 0.2) is 0 Å². The number of carbonyl (C=O) groups is 1. The molecule has 0 saturated carbocycles. The number of ether oxygens (including phenoxy) is 2. The largest absolute Gasteiger partial charge is 0.492 e. The van der Waals surface area contributed by atoms with E-state index in [9.17, 15) is 4.79 Å². The van der Waals surface area contributed by atoms with Crippen LogP contribution >= 0.6 is 11.6 Å². The van der Waals surface area contributed by atoms with E-state index < -0.39 is 0 Å². The van der Waals surface area contributed by atoms with Crippen molar-refractivity contribution in [2.24, 2.45) is 5.92 Å². The Bertz CT molecular complexity index is 544. The third-order valence-corrected chi connectivity index (χ3v) is 4.92. The van der Waals surface area contributed by atoms with Gasteiger partial charge >= 0.3 is 0 Å². The molecular weight excluding hydrogens is 330 g/mol. The van der Waals surface area contributed by atoms with Crippen LogP contribution in [0.5, 0.6) is 5.75 Å². The van der Waals surface area contributed by atoms with Crippen molar-refractivity contribution in [3.63, 3.8) is 0 Å². The minimum Gasteiger partial charge on any atom is -0.492 e. The van der Waals surface area contributed by atoms with Crippen LogP contribution in [-0.2, 0) is 9.53 Å². The van der Waals surface area contributed by atoms with Gasteiger partial charge in [-0.25, -0.2) is 0 Å². The van der Waals surface area contributed by atoms with Gasteiger partial charge in [-0.15, -0.1) is 0 Å². The highest BCUT2D eigenvalue weighted by atomic mass is 35.5. The van der Waals surface area contributed by atoms with Crippen molar-refractivity contribution >= 4 is 17.5 Å². The maximum Gasteiger partial charge on any atom is 0.236 e. The van der Waals surface area contributed by atoms with Gasteiger partial charge in [0, 0.05) is 31.5 Å². The summed E-state index contributed by atoms with van der Waals surface area (Å²) in [4.78, 5) is 20.4. The van der Waals surface area contributed by atoms with Crippen molar-refractivity contribution in [2.45, 2.75) is 12.8 Å². The van der Waals surface area contributed by atoms with Gasteiger partial charge < -0.3 is 14.4 Å². The Kier molecular flexibility index (Phi) is 6.29. The van der Waals surface area contributed by atoms with Crippen LogP contribution in [0.4, 0.5) is 0 Å². The molecule has 24 heavy (non-hydrogen) atoms. The quantitative estimate of drug-likeness (QED) is 0.806. The molecule has 0 spiro atoms. The number of aromatic nitrogens is 1. The number of rotatable bonds is 5. The average molecular weight is 354 g/mol. The molecule has 0 aromatic carbocycles. The normalized spacial score (nSPS) is 20.1. The first-order valence-corrected chi connectivity index (χ1v) is 8.90. The number of carbonyl (C=O) groups excluding carboxylic acids is 1. The summed E-state index contributed by atoms with van der Waals surface area (Å²) in [5.74, 6) is 1.41. The molecule has 6 nitrogen and oxygen atoms in total. The summed E-state index contributed by atoms with van der Waals surface area (Å²) in [6.45, 7) is 5.80. The van der Waals surface area contributed by atoms with Gasteiger partial charge in [0.05, 0.1) is 26.4 Å². The number of halogens is 1. The summed E-state index contributed by atoms with van der Waals surface area (Å²) >= 11 is 6.05. The lowest BCUT2D eigenvalue weighted by atomic mass is 9.98. The van der Waals surface area contributed by atoms with E-state index in [2.05, 4.69) is 9.88 Å². The fourth-order valence-electron chi connectivity index (χ4n) is 3.10. The van der Waals surface area contributed by atoms with Crippen molar-refractivity contribution in [3.05, 3.63) is 23.5 Å². The predicted octanol–water partition coefficient (Wildman–Crippen LogP) is 1.68. The maximum atomic E-state index is 12.3. The number of hydrogen-bond donors (Lipinski definition) is 0. The Balaban J connectivity index is 1.38. The van der Waals surface area contributed by atoms with Crippen molar-refractivity contribution in [3.8, 4) is 5.75 Å². The molecule has 3 heterocycles. The zero-order chi connectivity index (χ0) is 16.8. The molecule has 0 radical (unpaired) electrons. The molecule has 7 heteroatoms. The van der Waals surface area contributed by atoms with Crippen molar-refractivity contribution in [2.75, 3.05) is 52.5 Å². The summed E-state index contributed by atoms with van der Waals surface area (Å²) in [7, 11) is 0. The van der Waals surface area contributed by atoms with E-state index in [1.165, 1.54) is 0 Å². The summed E-state index contributed by atoms with van der Waals surface area (Å²) in [6.07, 6.45) is 5.36. The van der Waals surface area contributed by atoms with Crippen LogP contribution in [0.25, 0.3) is 0 Å². The average Bonchev–Trinajstić information content (AvgIpc) is 2.63. The van der Waals surface area contributed by atoms with Crippen LogP contribution in [0.15, 0.2) is 18.5 Å². The minimum absolute atomic E-state index is 0.219. The van der Waals surface area contributed by atoms with Crippen LogP contribution in [0.2, 0.25) is 5.02 Å². The molecule has 1 aromatic rings. The van der Waals surface area contributed by atoms with Crippen molar-refractivity contribution in [1.82, 2.24) is 14.8 Å². The third-order valence-electron chi connectivity index (χ3n) is 4.64. The Morgan fingerprint density at radius 3 is 2.75 bits per heavy atom. The van der Waals surface area contributed by atoms with Gasteiger partial charge in [0.25, 0.3) is 0 Å². The minimum atomic E-state index is 0.219. The Labute approximate surface area is 147 Å². The lowest BCUT2D eigenvalue weighted by Gasteiger charge is -2.34. The first kappa shape index (κ1) is 17.5. The highest BCUT2D eigenvalue weighted by Crippen LogP contribution is 2.24.